The Morgan fingerprint density at radius 1 is 1.12 bits per heavy atom. The first-order chi connectivity index (χ1) is 12.3. The standard InChI is InChI=1S/C20H30N2O3S/c1-4-26(24,25)22-13-11-20(15-22)10-5-12-21(19(20)23)14-17-6-8-18(9-7-17)16(2)3/h6-9,16H,4-5,10-15H2,1-3H3. The summed E-state index contributed by atoms with van der Waals surface area (Å²) in [5, 5.41) is 0. The SMILES string of the molecule is CCS(=O)(=O)N1CCC2(CCCN(Cc3ccc(C(C)C)cc3)C2=O)C1. The predicted molar refractivity (Wildman–Crippen MR) is 103 cm³/mol. The normalized spacial score (nSPS) is 24.8. The minimum absolute atomic E-state index is 0.100. The molecule has 1 aromatic carbocycles. The average molecular weight is 379 g/mol. The Balaban J connectivity index is 1.72. The number of benzene rings is 1. The van der Waals surface area contributed by atoms with Crippen molar-refractivity contribution in [3.05, 3.63) is 35.4 Å². The second-order valence-electron chi connectivity index (χ2n) is 7.99. The number of piperidine rings is 1. The maximum absolute atomic E-state index is 13.2. The molecule has 0 bridgehead atoms. The molecular weight excluding hydrogens is 348 g/mol. The molecule has 0 aromatic heterocycles. The molecule has 0 radical (unpaired) electrons. The van der Waals surface area contributed by atoms with Crippen LogP contribution in [0.15, 0.2) is 24.3 Å². The van der Waals surface area contributed by atoms with Gasteiger partial charge in [0.05, 0.1) is 11.2 Å². The van der Waals surface area contributed by atoms with Gasteiger partial charge < -0.3 is 4.90 Å². The van der Waals surface area contributed by atoms with Gasteiger partial charge in [-0.1, -0.05) is 38.1 Å². The Bertz CT molecular complexity index is 758. The van der Waals surface area contributed by atoms with Crippen LogP contribution in [-0.2, 0) is 21.4 Å². The molecule has 2 saturated heterocycles. The van der Waals surface area contributed by atoms with Crippen LogP contribution in [0, 0.1) is 5.41 Å². The fraction of sp³-hybridized carbons (Fsp3) is 0.650. The smallest absolute Gasteiger partial charge is 0.230 e. The first-order valence-electron chi connectivity index (χ1n) is 9.63. The third-order valence-electron chi connectivity index (χ3n) is 5.92. The number of carbonyl (C=O) groups is 1. The molecule has 2 aliphatic heterocycles. The van der Waals surface area contributed by atoms with E-state index in [0.29, 0.717) is 32.0 Å². The second-order valence-corrected chi connectivity index (χ2v) is 10.2. The van der Waals surface area contributed by atoms with E-state index < -0.39 is 15.4 Å². The number of likely N-dealkylation sites (tertiary alicyclic amines) is 1. The first-order valence-corrected chi connectivity index (χ1v) is 11.2. The second kappa shape index (κ2) is 7.31. The molecule has 6 heteroatoms. The van der Waals surface area contributed by atoms with Gasteiger partial charge in [0.1, 0.15) is 0 Å². The average Bonchev–Trinajstić information content (AvgIpc) is 3.05. The summed E-state index contributed by atoms with van der Waals surface area (Å²) in [5.74, 6) is 0.725. The Morgan fingerprint density at radius 3 is 2.42 bits per heavy atom. The molecule has 1 spiro atoms. The lowest BCUT2D eigenvalue weighted by molar-refractivity contribution is -0.146. The van der Waals surface area contributed by atoms with Gasteiger partial charge in [-0.25, -0.2) is 12.7 Å². The lowest BCUT2D eigenvalue weighted by Crippen LogP contribution is -2.50. The van der Waals surface area contributed by atoms with Crippen LogP contribution in [0.4, 0.5) is 0 Å². The van der Waals surface area contributed by atoms with Crippen LogP contribution in [0.1, 0.15) is 57.1 Å². The highest BCUT2D eigenvalue weighted by Gasteiger charge is 2.50. The maximum atomic E-state index is 13.2. The Kier molecular flexibility index (Phi) is 5.45. The molecule has 1 unspecified atom stereocenters. The maximum Gasteiger partial charge on any atom is 0.230 e. The van der Waals surface area contributed by atoms with Gasteiger partial charge in [0, 0.05) is 26.2 Å². The largest absolute Gasteiger partial charge is 0.338 e. The first kappa shape index (κ1) is 19.4. The van der Waals surface area contributed by atoms with Crippen LogP contribution in [0.2, 0.25) is 0 Å². The van der Waals surface area contributed by atoms with Crippen LogP contribution in [0.3, 0.4) is 0 Å². The molecule has 1 atom stereocenters. The van der Waals surface area contributed by atoms with Crippen molar-refractivity contribution >= 4 is 15.9 Å². The molecule has 2 aliphatic rings. The topological polar surface area (TPSA) is 57.7 Å². The van der Waals surface area contributed by atoms with E-state index in [1.165, 1.54) is 9.87 Å². The van der Waals surface area contributed by atoms with Crippen molar-refractivity contribution in [1.82, 2.24) is 9.21 Å². The molecule has 144 valence electrons. The zero-order valence-corrected chi connectivity index (χ0v) is 16.9. The van der Waals surface area contributed by atoms with Crippen LogP contribution in [0.25, 0.3) is 0 Å². The molecule has 0 N–H and O–H groups in total. The molecule has 3 rings (SSSR count). The molecule has 0 aliphatic carbocycles. The third kappa shape index (κ3) is 3.67. The summed E-state index contributed by atoms with van der Waals surface area (Å²) in [4.78, 5) is 15.1. The van der Waals surface area contributed by atoms with Crippen molar-refractivity contribution in [2.75, 3.05) is 25.4 Å². The van der Waals surface area contributed by atoms with E-state index in [2.05, 4.69) is 38.1 Å². The van der Waals surface area contributed by atoms with Crippen molar-refractivity contribution < 1.29 is 13.2 Å². The van der Waals surface area contributed by atoms with Crippen molar-refractivity contribution in [3.63, 3.8) is 0 Å². The molecule has 0 saturated carbocycles. The summed E-state index contributed by atoms with van der Waals surface area (Å²) in [6, 6.07) is 8.48. The van der Waals surface area contributed by atoms with E-state index in [1.807, 2.05) is 4.90 Å². The van der Waals surface area contributed by atoms with Gasteiger partial charge in [0.25, 0.3) is 0 Å². The molecular formula is C20H30N2O3S. The molecule has 26 heavy (non-hydrogen) atoms. The van der Waals surface area contributed by atoms with Gasteiger partial charge in [-0.3, -0.25) is 4.79 Å². The summed E-state index contributed by atoms with van der Waals surface area (Å²) in [5.41, 5.74) is 1.92. The van der Waals surface area contributed by atoms with Gasteiger partial charge in [0.2, 0.25) is 15.9 Å². The van der Waals surface area contributed by atoms with Crippen molar-refractivity contribution in [2.45, 2.75) is 52.5 Å². The van der Waals surface area contributed by atoms with E-state index in [1.54, 1.807) is 6.92 Å². The van der Waals surface area contributed by atoms with Crippen LogP contribution >= 0.6 is 0 Å². The molecule has 2 heterocycles. The number of carbonyl (C=O) groups excluding carboxylic acids is 1. The van der Waals surface area contributed by atoms with Crippen LogP contribution in [0.5, 0.6) is 0 Å². The minimum atomic E-state index is -3.22. The van der Waals surface area contributed by atoms with Gasteiger partial charge in [-0.2, -0.15) is 0 Å². The number of hydrogen-bond donors (Lipinski definition) is 0. The Morgan fingerprint density at radius 2 is 1.81 bits per heavy atom. The molecule has 1 amide bonds. The van der Waals surface area contributed by atoms with E-state index in [4.69, 9.17) is 0 Å². The summed E-state index contributed by atoms with van der Waals surface area (Å²) in [6.07, 6.45) is 2.38. The zero-order valence-electron chi connectivity index (χ0n) is 16.1. The minimum Gasteiger partial charge on any atom is -0.338 e. The van der Waals surface area contributed by atoms with Gasteiger partial charge >= 0.3 is 0 Å². The highest BCUT2D eigenvalue weighted by Crippen LogP contribution is 2.41. The van der Waals surface area contributed by atoms with E-state index in [-0.39, 0.29) is 11.7 Å². The van der Waals surface area contributed by atoms with E-state index in [0.717, 1.165) is 24.9 Å². The van der Waals surface area contributed by atoms with Crippen molar-refractivity contribution in [2.24, 2.45) is 5.41 Å². The Labute approximate surface area is 157 Å². The number of amides is 1. The molecule has 5 nitrogen and oxygen atoms in total. The van der Waals surface area contributed by atoms with Crippen LogP contribution < -0.4 is 0 Å². The molecule has 1 aromatic rings. The monoisotopic (exact) mass is 378 g/mol. The highest BCUT2D eigenvalue weighted by atomic mass is 32.2. The summed E-state index contributed by atoms with van der Waals surface area (Å²) < 4.78 is 25.9. The lowest BCUT2D eigenvalue weighted by Gasteiger charge is -2.39. The number of nitrogens with zero attached hydrogens (tertiary/aromatic N) is 2. The fourth-order valence-electron chi connectivity index (χ4n) is 4.16. The van der Waals surface area contributed by atoms with Gasteiger partial charge in [0.15, 0.2) is 0 Å². The predicted octanol–water partition coefficient (Wildman–Crippen LogP) is 2.97. The number of rotatable bonds is 5. The zero-order chi connectivity index (χ0) is 18.9. The van der Waals surface area contributed by atoms with Crippen molar-refractivity contribution in [3.8, 4) is 0 Å². The van der Waals surface area contributed by atoms with E-state index in [9.17, 15) is 13.2 Å². The summed E-state index contributed by atoms with van der Waals surface area (Å²) in [7, 11) is -3.22. The fourth-order valence-corrected chi connectivity index (χ4v) is 5.34. The van der Waals surface area contributed by atoms with Crippen molar-refractivity contribution in [1.29, 1.82) is 0 Å². The highest BCUT2D eigenvalue weighted by molar-refractivity contribution is 7.89. The molecule has 2 fully saturated rings. The van der Waals surface area contributed by atoms with Gasteiger partial charge in [-0.15, -0.1) is 0 Å². The number of sulfonamides is 1. The lowest BCUT2D eigenvalue weighted by atomic mass is 9.78. The van der Waals surface area contributed by atoms with E-state index >= 15 is 0 Å². The quantitative estimate of drug-likeness (QED) is 0.791. The van der Waals surface area contributed by atoms with Crippen LogP contribution in [-0.4, -0.2) is 48.9 Å². The summed E-state index contributed by atoms with van der Waals surface area (Å²) in [6.45, 7) is 8.19. The third-order valence-corrected chi connectivity index (χ3v) is 7.75. The summed E-state index contributed by atoms with van der Waals surface area (Å²) >= 11 is 0. The van der Waals surface area contributed by atoms with Gasteiger partial charge in [-0.05, 0) is 43.2 Å². The number of hydrogen-bond acceptors (Lipinski definition) is 3. The Hall–Kier alpha value is -1.40.